The lowest BCUT2D eigenvalue weighted by Gasteiger charge is -2.08. The first kappa shape index (κ1) is 17.6. The van der Waals surface area contributed by atoms with Crippen LogP contribution in [0.25, 0.3) is 0 Å². The van der Waals surface area contributed by atoms with Gasteiger partial charge in [-0.05, 0) is 26.6 Å². The molecule has 0 aliphatic carbocycles. The minimum absolute atomic E-state index is 0.00909. The molecule has 1 N–H and O–H groups in total. The average Bonchev–Trinajstić information content (AvgIpc) is 2.92. The fraction of sp³-hybridized carbons (Fsp3) is 0.412. The van der Waals surface area contributed by atoms with E-state index in [1.54, 1.807) is 18.0 Å². The van der Waals surface area contributed by atoms with Crippen LogP contribution in [-0.4, -0.2) is 47.0 Å². The largest absolute Gasteiger partial charge is 0.323 e. The zero-order valence-electron chi connectivity index (χ0n) is 14.0. The molecule has 0 spiro atoms. The van der Waals surface area contributed by atoms with Gasteiger partial charge in [0.1, 0.15) is 0 Å². The Labute approximate surface area is 142 Å². The smallest absolute Gasteiger partial charge is 0.234 e. The van der Waals surface area contributed by atoms with E-state index >= 15 is 0 Å². The van der Waals surface area contributed by atoms with Crippen LogP contribution in [0.5, 0.6) is 0 Å². The van der Waals surface area contributed by atoms with Crippen LogP contribution >= 0.6 is 11.8 Å². The predicted octanol–water partition coefficient (Wildman–Crippen LogP) is 2.63. The highest BCUT2D eigenvalue weighted by atomic mass is 32.2. The van der Waals surface area contributed by atoms with Gasteiger partial charge in [-0.1, -0.05) is 29.8 Å². The molecular formula is C17H24N4OS. The second-order valence-corrected chi connectivity index (χ2v) is 6.81. The lowest BCUT2D eigenvalue weighted by atomic mass is 10.2. The Balaban J connectivity index is 1.72. The number of anilines is 1. The average molecular weight is 332 g/mol. The number of aromatic nitrogens is 2. The SMILES string of the molecule is Cc1cccc(CSCC(=O)Nc2cnn(CCN(C)C)c2)c1. The zero-order valence-corrected chi connectivity index (χ0v) is 14.8. The van der Waals surface area contributed by atoms with Crippen molar-refractivity contribution < 1.29 is 4.79 Å². The Morgan fingerprint density at radius 1 is 1.39 bits per heavy atom. The van der Waals surface area contributed by atoms with Crippen LogP contribution in [-0.2, 0) is 17.1 Å². The number of carbonyl (C=O) groups is 1. The molecule has 0 fully saturated rings. The van der Waals surface area contributed by atoms with Crippen LogP contribution in [0.15, 0.2) is 36.7 Å². The van der Waals surface area contributed by atoms with Gasteiger partial charge in [0.15, 0.2) is 0 Å². The minimum atomic E-state index is 0.00909. The van der Waals surface area contributed by atoms with Crippen LogP contribution in [0.4, 0.5) is 5.69 Å². The molecule has 0 saturated carbocycles. The molecule has 6 heteroatoms. The first-order valence-corrected chi connectivity index (χ1v) is 8.79. The summed E-state index contributed by atoms with van der Waals surface area (Å²) in [7, 11) is 4.05. The number of aryl methyl sites for hydroxylation is 1. The lowest BCUT2D eigenvalue weighted by Crippen LogP contribution is -2.18. The van der Waals surface area contributed by atoms with E-state index in [1.165, 1.54) is 11.1 Å². The Hall–Kier alpha value is -1.79. The number of rotatable bonds is 8. The van der Waals surface area contributed by atoms with Crippen LogP contribution < -0.4 is 5.32 Å². The number of nitrogens with zero attached hydrogens (tertiary/aromatic N) is 3. The van der Waals surface area contributed by atoms with E-state index in [2.05, 4.69) is 40.4 Å². The van der Waals surface area contributed by atoms with E-state index in [0.29, 0.717) is 5.75 Å². The molecule has 1 aromatic heterocycles. The Morgan fingerprint density at radius 3 is 2.96 bits per heavy atom. The molecule has 0 aliphatic heterocycles. The van der Waals surface area contributed by atoms with Gasteiger partial charge >= 0.3 is 0 Å². The molecular weight excluding hydrogens is 308 g/mol. The number of hydrogen-bond donors (Lipinski definition) is 1. The fourth-order valence-electron chi connectivity index (χ4n) is 2.11. The predicted molar refractivity (Wildman–Crippen MR) is 96.8 cm³/mol. The maximum Gasteiger partial charge on any atom is 0.234 e. The summed E-state index contributed by atoms with van der Waals surface area (Å²) in [4.78, 5) is 14.1. The number of benzene rings is 1. The second-order valence-electron chi connectivity index (χ2n) is 5.83. The van der Waals surface area contributed by atoms with Gasteiger partial charge in [0.25, 0.3) is 0 Å². The first-order valence-electron chi connectivity index (χ1n) is 7.63. The number of carbonyl (C=O) groups excluding carboxylic acids is 1. The van der Waals surface area contributed by atoms with Crippen molar-refractivity contribution in [3.8, 4) is 0 Å². The summed E-state index contributed by atoms with van der Waals surface area (Å²) in [6, 6.07) is 8.37. The highest BCUT2D eigenvalue weighted by molar-refractivity contribution is 7.99. The fourth-order valence-corrected chi connectivity index (χ4v) is 2.89. The topological polar surface area (TPSA) is 50.2 Å². The maximum absolute atomic E-state index is 12.0. The Kier molecular flexibility index (Phi) is 6.67. The van der Waals surface area contributed by atoms with E-state index in [0.717, 1.165) is 24.5 Å². The van der Waals surface area contributed by atoms with Crippen molar-refractivity contribution >= 4 is 23.4 Å². The van der Waals surface area contributed by atoms with E-state index in [9.17, 15) is 4.79 Å². The third-order valence-electron chi connectivity index (χ3n) is 3.28. The maximum atomic E-state index is 12.0. The molecule has 5 nitrogen and oxygen atoms in total. The molecule has 0 bridgehead atoms. The first-order chi connectivity index (χ1) is 11.0. The summed E-state index contributed by atoms with van der Waals surface area (Å²) in [5.41, 5.74) is 3.25. The third-order valence-corrected chi connectivity index (χ3v) is 4.28. The number of amides is 1. The summed E-state index contributed by atoms with van der Waals surface area (Å²) in [5, 5.41) is 7.14. The highest BCUT2D eigenvalue weighted by Crippen LogP contribution is 2.14. The van der Waals surface area contributed by atoms with Crippen molar-refractivity contribution in [2.45, 2.75) is 19.2 Å². The van der Waals surface area contributed by atoms with Crippen LogP contribution in [0.2, 0.25) is 0 Å². The summed E-state index contributed by atoms with van der Waals surface area (Å²) in [6.45, 7) is 3.81. The summed E-state index contributed by atoms with van der Waals surface area (Å²) < 4.78 is 1.84. The quantitative estimate of drug-likeness (QED) is 0.807. The van der Waals surface area contributed by atoms with Gasteiger partial charge in [0.2, 0.25) is 5.91 Å². The van der Waals surface area contributed by atoms with Gasteiger partial charge in [-0.3, -0.25) is 9.48 Å². The van der Waals surface area contributed by atoms with Gasteiger partial charge in [-0.15, -0.1) is 11.8 Å². The zero-order chi connectivity index (χ0) is 16.7. The van der Waals surface area contributed by atoms with Crippen molar-refractivity contribution in [2.24, 2.45) is 0 Å². The molecule has 0 radical (unpaired) electrons. The standard InChI is InChI=1S/C17H24N4OS/c1-14-5-4-6-15(9-14)12-23-13-17(22)19-16-10-18-21(11-16)8-7-20(2)3/h4-6,9-11H,7-8,12-13H2,1-3H3,(H,19,22). The molecule has 2 rings (SSSR count). The van der Waals surface area contributed by atoms with Crippen molar-refractivity contribution in [1.82, 2.24) is 14.7 Å². The van der Waals surface area contributed by atoms with Crippen LogP contribution in [0, 0.1) is 6.92 Å². The summed E-state index contributed by atoms with van der Waals surface area (Å²) >= 11 is 1.62. The van der Waals surface area contributed by atoms with Gasteiger partial charge in [-0.2, -0.15) is 5.10 Å². The van der Waals surface area contributed by atoms with Crippen LogP contribution in [0.1, 0.15) is 11.1 Å². The van der Waals surface area contributed by atoms with E-state index in [1.807, 2.05) is 31.0 Å². The van der Waals surface area contributed by atoms with E-state index in [-0.39, 0.29) is 5.91 Å². The number of likely N-dealkylation sites (N-methyl/N-ethyl adjacent to an activating group) is 1. The Morgan fingerprint density at radius 2 is 2.22 bits per heavy atom. The van der Waals surface area contributed by atoms with Gasteiger partial charge in [0, 0.05) is 18.5 Å². The van der Waals surface area contributed by atoms with Crippen LogP contribution in [0.3, 0.4) is 0 Å². The lowest BCUT2D eigenvalue weighted by molar-refractivity contribution is -0.113. The molecule has 124 valence electrons. The molecule has 1 heterocycles. The Bertz CT molecular complexity index is 639. The molecule has 0 atom stereocenters. The molecule has 2 aromatic rings. The van der Waals surface area contributed by atoms with Gasteiger partial charge < -0.3 is 10.2 Å². The summed E-state index contributed by atoms with van der Waals surface area (Å²) in [5.74, 6) is 1.29. The molecule has 23 heavy (non-hydrogen) atoms. The van der Waals surface area contributed by atoms with Crippen molar-refractivity contribution in [1.29, 1.82) is 0 Å². The molecule has 0 unspecified atom stereocenters. The number of thioether (sulfide) groups is 1. The van der Waals surface area contributed by atoms with Gasteiger partial charge in [0.05, 0.1) is 24.2 Å². The summed E-state index contributed by atoms with van der Waals surface area (Å²) in [6.07, 6.45) is 3.56. The highest BCUT2D eigenvalue weighted by Gasteiger charge is 2.05. The minimum Gasteiger partial charge on any atom is -0.323 e. The number of nitrogens with one attached hydrogen (secondary N) is 1. The van der Waals surface area contributed by atoms with Crippen molar-refractivity contribution in [2.75, 3.05) is 31.7 Å². The van der Waals surface area contributed by atoms with Gasteiger partial charge in [-0.25, -0.2) is 0 Å². The number of hydrogen-bond acceptors (Lipinski definition) is 4. The second kappa shape index (κ2) is 8.74. The monoisotopic (exact) mass is 332 g/mol. The van der Waals surface area contributed by atoms with Crippen molar-refractivity contribution in [3.63, 3.8) is 0 Å². The van der Waals surface area contributed by atoms with E-state index in [4.69, 9.17) is 0 Å². The molecule has 0 saturated heterocycles. The normalized spacial score (nSPS) is 11.0. The third kappa shape index (κ3) is 6.46. The van der Waals surface area contributed by atoms with E-state index < -0.39 is 0 Å². The molecule has 1 amide bonds. The van der Waals surface area contributed by atoms with Crippen molar-refractivity contribution in [3.05, 3.63) is 47.8 Å². The molecule has 1 aromatic carbocycles. The molecule has 0 aliphatic rings.